The maximum atomic E-state index is 8.32. The summed E-state index contributed by atoms with van der Waals surface area (Å²) in [6.07, 6.45) is 5.06. The molecular formula is C10H8N2O+. The van der Waals surface area contributed by atoms with Crippen LogP contribution in [0.25, 0.3) is 6.08 Å². The lowest BCUT2D eigenvalue weighted by atomic mass is 10.1. The van der Waals surface area contributed by atoms with Gasteiger partial charge in [-0.2, -0.15) is 0 Å². The van der Waals surface area contributed by atoms with Gasteiger partial charge in [-0.25, -0.2) is 0 Å². The molecule has 1 aromatic rings. The van der Waals surface area contributed by atoms with E-state index >= 15 is 0 Å². The highest BCUT2D eigenvalue weighted by atomic mass is 16.4. The van der Waals surface area contributed by atoms with Gasteiger partial charge in [0.05, 0.1) is 10.6 Å². The number of allylic oxidation sites excluding steroid dienone is 1. The molecule has 1 N–H and O–H groups in total. The molecule has 0 amide bonds. The first-order chi connectivity index (χ1) is 6.40. The van der Waals surface area contributed by atoms with Crippen molar-refractivity contribution in [2.24, 2.45) is 5.16 Å². The zero-order chi connectivity index (χ0) is 9.10. The summed E-state index contributed by atoms with van der Waals surface area (Å²) in [4.78, 5) is 4.26. The second-order valence-corrected chi connectivity index (χ2v) is 2.67. The minimum Gasteiger partial charge on any atom is -0.411 e. The van der Waals surface area contributed by atoms with E-state index in [1.165, 1.54) is 6.21 Å². The summed E-state index contributed by atoms with van der Waals surface area (Å²) in [5.41, 5.74) is 2.64. The third kappa shape index (κ3) is 1.49. The molecule has 1 aliphatic rings. The first kappa shape index (κ1) is 7.73. The number of hydrogen-bond donors (Lipinski definition) is 1. The van der Waals surface area contributed by atoms with E-state index in [1.54, 1.807) is 0 Å². The number of rotatable bonds is 1. The third-order valence-corrected chi connectivity index (χ3v) is 1.81. The van der Waals surface area contributed by atoms with Gasteiger partial charge in [0.25, 0.3) is 11.4 Å². The molecule has 0 unspecified atom stereocenters. The normalized spacial score (nSPS) is 14.3. The van der Waals surface area contributed by atoms with E-state index in [4.69, 9.17) is 5.21 Å². The van der Waals surface area contributed by atoms with Gasteiger partial charge in [-0.05, 0) is 12.1 Å². The molecule has 63 valence electrons. The van der Waals surface area contributed by atoms with Crippen LogP contribution in [-0.4, -0.2) is 17.1 Å². The van der Waals surface area contributed by atoms with E-state index < -0.39 is 0 Å². The number of oxime groups is 1. The molecule has 13 heavy (non-hydrogen) atoms. The summed E-state index contributed by atoms with van der Waals surface area (Å²) in [5, 5.41) is 11.2. The highest BCUT2D eigenvalue weighted by Gasteiger charge is 2.16. The Hall–Kier alpha value is -1.90. The summed E-state index contributed by atoms with van der Waals surface area (Å²) in [6, 6.07) is 7.80. The van der Waals surface area contributed by atoms with Crippen LogP contribution in [0.2, 0.25) is 0 Å². The molecule has 0 bridgehead atoms. The second-order valence-electron chi connectivity index (χ2n) is 2.67. The van der Waals surface area contributed by atoms with E-state index in [-0.39, 0.29) is 0 Å². The molecule has 0 aliphatic carbocycles. The minimum absolute atomic E-state index is 0.654. The minimum atomic E-state index is 0.654. The molecule has 1 aromatic carbocycles. The average molecular weight is 172 g/mol. The first-order valence-corrected chi connectivity index (χ1v) is 3.93. The van der Waals surface area contributed by atoms with Crippen molar-refractivity contribution in [2.75, 3.05) is 0 Å². The molecule has 0 aromatic heterocycles. The molecule has 3 nitrogen and oxygen atoms in total. The molecule has 0 saturated carbocycles. The number of para-hydroxylation sites is 1. The van der Waals surface area contributed by atoms with Crippen LogP contribution in [-0.2, 0) is 0 Å². The Morgan fingerprint density at radius 2 is 2.08 bits per heavy atom. The first-order valence-electron chi connectivity index (χ1n) is 3.93. The Kier molecular flexibility index (Phi) is 1.92. The fourth-order valence-electron chi connectivity index (χ4n) is 1.21. The van der Waals surface area contributed by atoms with Gasteiger partial charge in [-0.1, -0.05) is 17.3 Å². The average Bonchev–Trinajstić information content (AvgIpc) is 2.18. The van der Waals surface area contributed by atoms with Crippen LogP contribution in [0.15, 0.2) is 35.5 Å². The van der Waals surface area contributed by atoms with Gasteiger partial charge in [0.2, 0.25) is 0 Å². The fourth-order valence-corrected chi connectivity index (χ4v) is 1.21. The third-order valence-electron chi connectivity index (χ3n) is 1.81. The highest BCUT2D eigenvalue weighted by molar-refractivity contribution is 6.37. The number of aliphatic imine (C=N–C) groups is 1. The van der Waals surface area contributed by atoms with Crippen molar-refractivity contribution in [2.45, 2.75) is 0 Å². The van der Waals surface area contributed by atoms with Crippen LogP contribution in [0.5, 0.6) is 0 Å². The number of benzene rings is 1. The van der Waals surface area contributed by atoms with Crippen LogP contribution in [0.4, 0.5) is 5.69 Å². The van der Waals surface area contributed by atoms with Crippen LogP contribution in [0.3, 0.4) is 0 Å². The number of fused-ring (bicyclic) bond motifs is 1. The summed E-state index contributed by atoms with van der Waals surface area (Å²) >= 11 is 0. The fraction of sp³-hybridized carbons (Fsp3) is 0. The second kappa shape index (κ2) is 3.23. The van der Waals surface area contributed by atoms with Gasteiger partial charge in [0.15, 0.2) is 0 Å². The summed E-state index contributed by atoms with van der Waals surface area (Å²) in [5.74, 6) is 0. The Labute approximate surface area is 75.7 Å². The zero-order valence-corrected chi connectivity index (χ0v) is 6.88. The quantitative estimate of drug-likeness (QED) is 0.390. The van der Waals surface area contributed by atoms with Crippen LogP contribution < -0.4 is 4.99 Å². The van der Waals surface area contributed by atoms with Crippen molar-refractivity contribution in [3.63, 3.8) is 0 Å². The molecule has 0 fully saturated rings. The van der Waals surface area contributed by atoms with Crippen LogP contribution >= 0.6 is 0 Å². The Morgan fingerprint density at radius 3 is 2.92 bits per heavy atom. The van der Waals surface area contributed by atoms with E-state index in [2.05, 4.69) is 10.1 Å². The number of hydrogen-bond acceptors (Lipinski definition) is 3. The van der Waals surface area contributed by atoms with Gasteiger partial charge < -0.3 is 5.21 Å². The maximum Gasteiger partial charge on any atom is 0.299 e. The molecule has 0 spiro atoms. The summed E-state index contributed by atoms with van der Waals surface area (Å²) in [6.45, 7) is 0. The van der Waals surface area contributed by atoms with E-state index in [9.17, 15) is 0 Å². The maximum absolute atomic E-state index is 8.32. The van der Waals surface area contributed by atoms with Crippen molar-refractivity contribution in [3.8, 4) is 0 Å². The lowest BCUT2D eigenvalue weighted by molar-refractivity contribution is 0.322. The highest BCUT2D eigenvalue weighted by Crippen LogP contribution is 2.17. The van der Waals surface area contributed by atoms with Crippen molar-refractivity contribution < 1.29 is 5.21 Å². The molecule has 2 rings (SSSR count). The molecule has 0 saturated heterocycles. The van der Waals surface area contributed by atoms with Crippen LogP contribution in [0.1, 0.15) is 5.56 Å². The van der Waals surface area contributed by atoms with Crippen molar-refractivity contribution in [1.29, 1.82) is 0 Å². The molecular weight excluding hydrogens is 164 g/mol. The zero-order valence-electron chi connectivity index (χ0n) is 6.88. The van der Waals surface area contributed by atoms with E-state index in [0.717, 1.165) is 11.3 Å². The molecule has 0 atom stereocenters. The van der Waals surface area contributed by atoms with Crippen LogP contribution in [0, 0.1) is 0 Å². The monoisotopic (exact) mass is 172 g/mol. The van der Waals surface area contributed by atoms with Crippen molar-refractivity contribution in [1.82, 2.24) is 4.99 Å². The molecule has 1 aliphatic heterocycles. The molecule has 1 heterocycles. The van der Waals surface area contributed by atoms with Gasteiger partial charge in [0.1, 0.15) is 6.21 Å². The van der Waals surface area contributed by atoms with Crippen molar-refractivity contribution in [3.05, 3.63) is 35.9 Å². The predicted molar refractivity (Wildman–Crippen MR) is 52.6 cm³/mol. The van der Waals surface area contributed by atoms with Gasteiger partial charge in [-0.3, -0.25) is 0 Å². The number of nitrogens with zero attached hydrogens (tertiary/aromatic N) is 2. The predicted octanol–water partition coefficient (Wildman–Crippen LogP) is 1.58. The largest absolute Gasteiger partial charge is 0.411 e. The van der Waals surface area contributed by atoms with E-state index in [0.29, 0.717) is 5.71 Å². The Morgan fingerprint density at radius 1 is 1.23 bits per heavy atom. The standard InChI is InChI=1S/C10H8N2O/c13-11-7-9-6-5-8-3-1-2-4-10(8)12-9/h1-7,13H/q+1. The van der Waals surface area contributed by atoms with Gasteiger partial charge in [-0.15, -0.1) is 0 Å². The van der Waals surface area contributed by atoms with Gasteiger partial charge >= 0.3 is 0 Å². The Bertz CT molecular complexity index is 405. The topological polar surface area (TPSA) is 46.7 Å². The van der Waals surface area contributed by atoms with Gasteiger partial charge in [0, 0.05) is 12.1 Å². The molecule has 1 radical (unpaired) electrons. The molecule has 3 heteroatoms. The summed E-state index contributed by atoms with van der Waals surface area (Å²) < 4.78 is 0. The SMILES string of the molecule is ON=CC1=[N+]c2ccccc2C=C1. The lowest BCUT2D eigenvalue weighted by Gasteiger charge is -1.93. The van der Waals surface area contributed by atoms with Crippen molar-refractivity contribution >= 4 is 23.7 Å². The lowest BCUT2D eigenvalue weighted by Crippen LogP contribution is -2.06. The van der Waals surface area contributed by atoms with E-state index in [1.807, 2.05) is 36.4 Å². The summed E-state index contributed by atoms with van der Waals surface area (Å²) in [7, 11) is 0. The Balaban J connectivity index is 2.45. The smallest absolute Gasteiger partial charge is 0.299 e.